The third-order valence-electron chi connectivity index (χ3n) is 4.01. The number of nitrogens with zero attached hydrogens (tertiary/aromatic N) is 1. The van der Waals surface area contributed by atoms with Crippen molar-refractivity contribution in [1.82, 2.24) is 4.90 Å². The van der Waals surface area contributed by atoms with E-state index in [2.05, 4.69) is 0 Å². The Kier molecular flexibility index (Phi) is 4.34. The third kappa shape index (κ3) is 3.96. The summed E-state index contributed by atoms with van der Waals surface area (Å²) in [4.78, 5) is 13.2. The second-order valence-electron chi connectivity index (χ2n) is 5.89. The number of alkyl halides is 3. The number of halogens is 4. The molecule has 2 unspecified atom stereocenters. The van der Waals surface area contributed by atoms with Crippen molar-refractivity contribution < 1.29 is 26.8 Å². The monoisotopic (exact) mass is 341 g/mol. The Morgan fingerprint density at radius 2 is 1.92 bits per heavy atom. The first-order valence-electron chi connectivity index (χ1n) is 7.47. The second-order valence-corrected chi connectivity index (χ2v) is 5.89. The zero-order chi connectivity index (χ0) is 17.3. The lowest BCUT2D eigenvalue weighted by Gasteiger charge is -2.23. The molecule has 128 valence electrons. The van der Waals surface area contributed by atoms with Crippen molar-refractivity contribution in [2.45, 2.75) is 25.1 Å². The van der Waals surface area contributed by atoms with Gasteiger partial charge in [-0.2, -0.15) is 13.2 Å². The molecule has 1 aliphatic rings. The standard InChI is InChI=1S/C17H15F4NO2/c18-12-5-3-11(4-6-12)14-8-15(14)16(23)22(10-17(19,20)21)9-13-2-1-7-24-13/h1-7,14-15H,8-10H2. The van der Waals surface area contributed by atoms with Gasteiger partial charge in [-0.25, -0.2) is 4.39 Å². The van der Waals surface area contributed by atoms with Gasteiger partial charge < -0.3 is 9.32 Å². The van der Waals surface area contributed by atoms with E-state index < -0.39 is 30.4 Å². The van der Waals surface area contributed by atoms with Crippen LogP contribution in [0.4, 0.5) is 17.6 Å². The molecule has 0 radical (unpaired) electrons. The number of hydrogen-bond acceptors (Lipinski definition) is 2. The molecule has 7 heteroatoms. The lowest BCUT2D eigenvalue weighted by molar-refractivity contribution is -0.163. The van der Waals surface area contributed by atoms with Crippen molar-refractivity contribution >= 4 is 5.91 Å². The molecule has 1 aliphatic carbocycles. The highest BCUT2D eigenvalue weighted by Crippen LogP contribution is 2.48. The summed E-state index contributed by atoms with van der Waals surface area (Å²) in [5.74, 6) is -1.32. The normalized spacial score (nSPS) is 20.0. The van der Waals surface area contributed by atoms with Gasteiger partial charge in [0.25, 0.3) is 0 Å². The van der Waals surface area contributed by atoms with E-state index in [1.807, 2.05) is 0 Å². The van der Waals surface area contributed by atoms with E-state index in [0.717, 1.165) is 10.5 Å². The summed E-state index contributed by atoms with van der Waals surface area (Å²) in [6.07, 6.45) is -2.66. The number of benzene rings is 1. The van der Waals surface area contributed by atoms with E-state index >= 15 is 0 Å². The number of furan rings is 1. The topological polar surface area (TPSA) is 33.5 Å². The minimum atomic E-state index is -4.48. The van der Waals surface area contributed by atoms with Gasteiger partial charge in [-0.05, 0) is 42.2 Å². The van der Waals surface area contributed by atoms with E-state index in [9.17, 15) is 22.4 Å². The quantitative estimate of drug-likeness (QED) is 0.767. The largest absolute Gasteiger partial charge is 0.467 e. The first kappa shape index (κ1) is 16.5. The van der Waals surface area contributed by atoms with Gasteiger partial charge in [0.05, 0.1) is 12.8 Å². The van der Waals surface area contributed by atoms with Gasteiger partial charge in [-0.3, -0.25) is 4.79 Å². The highest BCUT2D eigenvalue weighted by Gasteiger charge is 2.47. The number of amides is 1. The molecule has 1 aromatic heterocycles. The maximum absolute atomic E-state index is 12.9. The van der Waals surface area contributed by atoms with Crippen LogP contribution in [0.2, 0.25) is 0 Å². The number of rotatable bonds is 5. The zero-order valence-electron chi connectivity index (χ0n) is 12.6. The molecule has 1 amide bonds. The Hall–Kier alpha value is -2.31. The van der Waals surface area contributed by atoms with E-state index in [0.29, 0.717) is 12.2 Å². The van der Waals surface area contributed by atoms with Gasteiger partial charge in [0.15, 0.2) is 0 Å². The fourth-order valence-corrected chi connectivity index (χ4v) is 2.80. The maximum atomic E-state index is 12.9. The van der Waals surface area contributed by atoms with Gasteiger partial charge in [0.1, 0.15) is 18.1 Å². The Morgan fingerprint density at radius 1 is 1.21 bits per heavy atom. The van der Waals surface area contributed by atoms with Gasteiger partial charge >= 0.3 is 6.18 Å². The molecule has 1 heterocycles. The minimum Gasteiger partial charge on any atom is -0.467 e. The Labute approximate surface area is 135 Å². The minimum absolute atomic E-state index is 0.162. The van der Waals surface area contributed by atoms with Crippen molar-refractivity contribution in [3.63, 3.8) is 0 Å². The van der Waals surface area contributed by atoms with Crippen LogP contribution in [0.3, 0.4) is 0 Å². The van der Waals surface area contributed by atoms with Crippen molar-refractivity contribution in [3.05, 3.63) is 59.8 Å². The van der Waals surface area contributed by atoms with Crippen LogP contribution in [0.1, 0.15) is 23.7 Å². The maximum Gasteiger partial charge on any atom is 0.406 e. The SMILES string of the molecule is O=C(C1CC1c1ccc(F)cc1)N(Cc1ccco1)CC(F)(F)F. The van der Waals surface area contributed by atoms with Crippen molar-refractivity contribution in [2.75, 3.05) is 6.54 Å². The molecule has 0 N–H and O–H groups in total. The Bertz CT molecular complexity index is 694. The van der Waals surface area contributed by atoms with Crippen LogP contribution >= 0.6 is 0 Å². The van der Waals surface area contributed by atoms with E-state index in [1.165, 1.54) is 24.5 Å². The molecule has 2 atom stereocenters. The van der Waals surface area contributed by atoms with Gasteiger partial charge in [0, 0.05) is 5.92 Å². The van der Waals surface area contributed by atoms with Gasteiger partial charge in [-0.15, -0.1) is 0 Å². The predicted octanol–water partition coefficient (Wildman–Crippen LogP) is 4.11. The highest BCUT2D eigenvalue weighted by molar-refractivity contribution is 5.83. The lowest BCUT2D eigenvalue weighted by Crippen LogP contribution is -2.39. The summed E-state index contributed by atoms with van der Waals surface area (Å²) < 4.78 is 56.3. The average Bonchev–Trinajstić information content (AvgIpc) is 3.14. The molecular formula is C17H15F4NO2. The Balaban J connectivity index is 1.70. The van der Waals surface area contributed by atoms with Crippen LogP contribution in [0.5, 0.6) is 0 Å². The summed E-state index contributed by atoms with van der Waals surface area (Å²) in [7, 11) is 0. The van der Waals surface area contributed by atoms with Crippen molar-refractivity contribution in [3.8, 4) is 0 Å². The van der Waals surface area contributed by atoms with Crippen LogP contribution in [-0.4, -0.2) is 23.5 Å². The molecule has 2 aromatic rings. The third-order valence-corrected chi connectivity index (χ3v) is 4.01. The van der Waals surface area contributed by atoms with Crippen molar-refractivity contribution in [2.24, 2.45) is 5.92 Å². The highest BCUT2D eigenvalue weighted by atomic mass is 19.4. The number of carbonyl (C=O) groups is 1. The van der Waals surface area contributed by atoms with Crippen LogP contribution in [0, 0.1) is 11.7 Å². The molecular weight excluding hydrogens is 326 g/mol. The van der Waals surface area contributed by atoms with Crippen LogP contribution in [0.15, 0.2) is 47.1 Å². The smallest absolute Gasteiger partial charge is 0.406 e. The lowest BCUT2D eigenvalue weighted by atomic mass is 10.1. The summed E-state index contributed by atoms with van der Waals surface area (Å²) >= 11 is 0. The van der Waals surface area contributed by atoms with Crippen LogP contribution in [-0.2, 0) is 11.3 Å². The van der Waals surface area contributed by atoms with Crippen LogP contribution in [0.25, 0.3) is 0 Å². The van der Waals surface area contributed by atoms with Gasteiger partial charge in [-0.1, -0.05) is 12.1 Å². The molecule has 1 saturated carbocycles. The molecule has 3 rings (SSSR count). The summed E-state index contributed by atoms with van der Waals surface area (Å²) in [6, 6.07) is 8.78. The first-order valence-corrected chi connectivity index (χ1v) is 7.47. The number of carbonyl (C=O) groups excluding carboxylic acids is 1. The molecule has 1 fully saturated rings. The van der Waals surface area contributed by atoms with Gasteiger partial charge in [0.2, 0.25) is 5.91 Å². The second kappa shape index (κ2) is 6.30. The van der Waals surface area contributed by atoms with E-state index in [1.54, 1.807) is 18.2 Å². The van der Waals surface area contributed by atoms with E-state index in [-0.39, 0.29) is 12.5 Å². The molecule has 0 aliphatic heterocycles. The van der Waals surface area contributed by atoms with Crippen LogP contribution < -0.4 is 0 Å². The van der Waals surface area contributed by atoms with E-state index in [4.69, 9.17) is 4.42 Å². The first-order chi connectivity index (χ1) is 11.3. The summed E-state index contributed by atoms with van der Waals surface area (Å²) in [5, 5.41) is 0. The molecule has 0 bridgehead atoms. The predicted molar refractivity (Wildman–Crippen MR) is 77.4 cm³/mol. The van der Waals surface area contributed by atoms with Crippen molar-refractivity contribution in [1.29, 1.82) is 0 Å². The molecule has 0 spiro atoms. The fourth-order valence-electron chi connectivity index (χ4n) is 2.80. The molecule has 0 saturated heterocycles. The molecule has 1 aromatic carbocycles. The zero-order valence-corrected chi connectivity index (χ0v) is 12.6. The molecule has 24 heavy (non-hydrogen) atoms. The summed E-state index contributed by atoms with van der Waals surface area (Å²) in [6.45, 7) is -1.54. The number of hydrogen-bond donors (Lipinski definition) is 0. The molecule has 3 nitrogen and oxygen atoms in total. The summed E-state index contributed by atoms with van der Waals surface area (Å²) in [5.41, 5.74) is 0.764. The average molecular weight is 341 g/mol. The fraction of sp³-hybridized carbons (Fsp3) is 0.353. The Morgan fingerprint density at radius 3 is 2.50 bits per heavy atom.